The second kappa shape index (κ2) is 4.67. The van der Waals surface area contributed by atoms with E-state index in [0.29, 0.717) is 30.0 Å². The van der Waals surface area contributed by atoms with E-state index in [4.69, 9.17) is 5.73 Å². The summed E-state index contributed by atoms with van der Waals surface area (Å²) in [5, 5.41) is 0. The Bertz CT molecular complexity index is 521. The van der Waals surface area contributed by atoms with Gasteiger partial charge < -0.3 is 10.7 Å². The van der Waals surface area contributed by atoms with Gasteiger partial charge in [-0.1, -0.05) is 6.07 Å². The zero-order valence-corrected chi connectivity index (χ0v) is 8.68. The van der Waals surface area contributed by atoms with Crippen molar-refractivity contribution in [3.8, 4) is 11.5 Å². The van der Waals surface area contributed by atoms with E-state index in [9.17, 15) is 4.79 Å². The summed E-state index contributed by atoms with van der Waals surface area (Å²) in [6.45, 7) is 0.438. The SMILES string of the molecule is NCCc1cnc(-c2ccccn2)[nH]c1=O. The number of nitrogens with one attached hydrogen (secondary N) is 1. The highest BCUT2D eigenvalue weighted by Crippen LogP contribution is 2.07. The van der Waals surface area contributed by atoms with Crippen LogP contribution in [0.2, 0.25) is 0 Å². The Kier molecular flexibility index (Phi) is 3.07. The number of pyridine rings is 1. The predicted molar refractivity (Wildman–Crippen MR) is 60.8 cm³/mol. The van der Waals surface area contributed by atoms with Crippen molar-refractivity contribution in [2.24, 2.45) is 5.73 Å². The monoisotopic (exact) mass is 216 g/mol. The molecule has 82 valence electrons. The second-order valence-corrected chi connectivity index (χ2v) is 3.34. The smallest absolute Gasteiger partial charge is 0.254 e. The molecule has 2 rings (SSSR count). The van der Waals surface area contributed by atoms with Gasteiger partial charge in [0.1, 0.15) is 5.69 Å². The highest BCUT2D eigenvalue weighted by Gasteiger charge is 2.04. The van der Waals surface area contributed by atoms with E-state index < -0.39 is 0 Å². The molecule has 3 N–H and O–H groups in total. The molecule has 5 nitrogen and oxygen atoms in total. The first-order valence-electron chi connectivity index (χ1n) is 5.01. The van der Waals surface area contributed by atoms with E-state index in [2.05, 4.69) is 15.0 Å². The average molecular weight is 216 g/mol. The number of nitrogens with zero attached hydrogens (tertiary/aromatic N) is 2. The highest BCUT2D eigenvalue weighted by atomic mass is 16.1. The summed E-state index contributed by atoms with van der Waals surface area (Å²) in [5.74, 6) is 0.478. The van der Waals surface area contributed by atoms with Gasteiger partial charge in [-0.05, 0) is 25.1 Å². The predicted octanol–water partition coefficient (Wildman–Crippen LogP) is 0.333. The van der Waals surface area contributed by atoms with E-state index in [1.807, 2.05) is 12.1 Å². The maximum Gasteiger partial charge on any atom is 0.254 e. The molecule has 0 aliphatic carbocycles. The molecule has 0 saturated heterocycles. The lowest BCUT2D eigenvalue weighted by molar-refractivity contribution is 0.922. The lowest BCUT2D eigenvalue weighted by Gasteiger charge is -2.01. The van der Waals surface area contributed by atoms with Crippen molar-refractivity contribution in [3.63, 3.8) is 0 Å². The standard InChI is InChI=1S/C11H12N4O/c12-5-4-8-7-14-10(15-11(8)16)9-3-1-2-6-13-9/h1-3,6-7H,4-5,12H2,(H,14,15,16). The first-order valence-corrected chi connectivity index (χ1v) is 5.01. The topological polar surface area (TPSA) is 84.7 Å². The van der Waals surface area contributed by atoms with Gasteiger partial charge in [-0.15, -0.1) is 0 Å². The molecular weight excluding hydrogens is 204 g/mol. The number of aromatic amines is 1. The number of hydrogen-bond acceptors (Lipinski definition) is 4. The Hall–Kier alpha value is -2.01. The molecule has 0 bridgehead atoms. The van der Waals surface area contributed by atoms with Crippen LogP contribution in [0.4, 0.5) is 0 Å². The Labute approximate surface area is 92.4 Å². The quantitative estimate of drug-likeness (QED) is 0.774. The highest BCUT2D eigenvalue weighted by molar-refractivity contribution is 5.47. The van der Waals surface area contributed by atoms with Gasteiger partial charge in [0.15, 0.2) is 5.82 Å². The van der Waals surface area contributed by atoms with Crippen molar-refractivity contribution in [2.45, 2.75) is 6.42 Å². The van der Waals surface area contributed by atoms with Crippen LogP contribution in [0.25, 0.3) is 11.5 Å². The summed E-state index contributed by atoms with van der Waals surface area (Å²) in [6, 6.07) is 5.45. The third kappa shape index (κ3) is 2.14. The van der Waals surface area contributed by atoms with E-state index in [0.717, 1.165) is 0 Å². The summed E-state index contributed by atoms with van der Waals surface area (Å²) >= 11 is 0. The lowest BCUT2D eigenvalue weighted by atomic mass is 10.2. The Morgan fingerprint density at radius 1 is 1.31 bits per heavy atom. The van der Waals surface area contributed by atoms with Crippen LogP contribution in [0.5, 0.6) is 0 Å². The number of rotatable bonds is 3. The fourth-order valence-corrected chi connectivity index (χ4v) is 1.39. The van der Waals surface area contributed by atoms with Crippen molar-refractivity contribution >= 4 is 0 Å². The molecule has 0 aliphatic rings. The van der Waals surface area contributed by atoms with Crippen molar-refractivity contribution in [1.82, 2.24) is 15.0 Å². The maximum atomic E-state index is 11.6. The van der Waals surface area contributed by atoms with Gasteiger partial charge >= 0.3 is 0 Å². The van der Waals surface area contributed by atoms with Crippen LogP contribution < -0.4 is 11.3 Å². The third-order valence-electron chi connectivity index (χ3n) is 2.19. The third-order valence-corrected chi connectivity index (χ3v) is 2.19. The molecule has 2 aromatic rings. The number of H-pyrrole nitrogens is 1. The van der Waals surface area contributed by atoms with Crippen LogP contribution in [0.1, 0.15) is 5.56 Å². The van der Waals surface area contributed by atoms with Crippen molar-refractivity contribution < 1.29 is 0 Å². The van der Waals surface area contributed by atoms with Crippen LogP contribution in [0.3, 0.4) is 0 Å². The Balaban J connectivity index is 2.39. The van der Waals surface area contributed by atoms with Crippen LogP contribution in [0.15, 0.2) is 35.4 Å². The molecule has 2 heterocycles. The number of hydrogen-bond donors (Lipinski definition) is 2. The maximum absolute atomic E-state index is 11.6. The normalized spacial score (nSPS) is 10.3. The molecule has 5 heteroatoms. The van der Waals surface area contributed by atoms with Crippen LogP contribution in [-0.2, 0) is 6.42 Å². The zero-order valence-electron chi connectivity index (χ0n) is 8.68. The summed E-state index contributed by atoms with van der Waals surface area (Å²) in [4.78, 5) is 22.6. The second-order valence-electron chi connectivity index (χ2n) is 3.34. The van der Waals surface area contributed by atoms with E-state index >= 15 is 0 Å². The molecule has 0 amide bonds. The average Bonchev–Trinajstić information content (AvgIpc) is 2.33. The van der Waals surface area contributed by atoms with Crippen LogP contribution in [0, 0.1) is 0 Å². The first-order chi connectivity index (χ1) is 7.81. The molecule has 2 aromatic heterocycles. The summed E-state index contributed by atoms with van der Waals surface area (Å²) < 4.78 is 0. The number of nitrogens with two attached hydrogens (primary N) is 1. The van der Waals surface area contributed by atoms with Crippen LogP contribution >= 0.6 is 0 Å². The van der Waals surface area contributed by atoms with Gasteiger partial charge in [-0.3, -0.25) is 9.78 Å². The summed E-state index contributed by atoms with van der Waals surface area (Å²) in [5.41, 5.74) is 6.48. The lowest BCUT2D eigenvalue weighted by Crippen LogP contribution is -2.17. The van der Waals surface area contributed by atoms with Crippen molar-refractivity contribution in [3.05, 3.63) is 46.5 Å². The molecule has 0 atom stereocenters. The van der Waals surface area contributed by atoms with Gasteiger partial charge in [0, 0.05) is 18.0 Å². The molecule has 0 spiro atoms. The van der Waals surface area contributed by atoms with Crippen LogP contribution in [-0.4, -0.2) is 21.5 Å². The minimum Gasteiger partial charge on any atom is -0.330 e. The van der Waals surface area contributed by atoms with E-state index in [1.165, 1.54) is 0 Å². The number of aromatic nitrogens is 3. The van der Waals surface area contributed by atoms with Gasteiger partial charge in [-0.25, -0.2) is 4.98 Å². The summed E-state index contributed by atoms with van der Waals surface area (Å²) in [6.07, 6.45) is 3.74. The minimum atomic E-state index is -0.152. The zero-order chi connectivity index (χ0) is 11.4. The molecule has 0 fully saturated rings. The van der Waals surface area contributed by atoms with Gasteiger partial charge in [-0.2, -0.15) is 0 Å². The van der Waals surface area contributed by atoms with Crippen molar-refractivity contribution in [1.29, 1.82) is 0 Å². The van der Waals surface area contributed by atoms with Gasteiger partial charge in [0.25, 0.3) is 5.56 Å². The molecule has 0 radical (unpaired) electrons. The fourth-order valence-electron chi connectivity index (χ4n) is 1.39. The molecule has 16 heavy (non-hydrogen) atoms. The molecular formula is C11H12N4O. The van der Waals surface area contributed by atoms with E-state index in [1.54, 1.807) is 18.5 Å². The Morgan fingerprint density at radius 3 is 2.81 bits per heavy atom. The first kappa shape index (κ1) is 10.5. The Morgan fingerprint density at radius 2 is 2.19 bits per heavy atom. The fraction of sp³-hybridized carbons (Fsp3) is 0.182. The van der Waals surface area contributed by atoms with Gasteiger partial charge in [0.05, 0.1) is 0 Å². The molecule has 0 saturated carbocycles. The summed E-state index contributed by atoms with van der Waals surface area (Å²) in [7, 11) is 0. The molecule has 0 unspecified atom stereocenters. The van der Waals surface area contributed by atoms with Crippen molar-refractivity contribution in [2.75, 3.05) is 6.54 Å². The minimum absolute atomic E-state index is 0.152. The molecule has 0 aromatic carbocycles. The van der Waals surface area contributed by atoms with E-state index in [-0.39, 0.29) is 5.56 Å². The van der Waals surface area contributed by atoms with Gasteiger partial charge in [0.2, 0.25) is 0 Å². The largest absolute Gasteiger partial charge is 0.330 e. The molecule has 0 aliphatic heterocycles.